The molecule has 1 atom stereocenters. The van der Waals surface area contributed by atoms with Crippen molar-refractivity contribution in [2.24, 2.45) is 0 Å². The molecule has 0 bridgehead atoms. The lowest BCUT2D eigenvalue weighted by atomic mass is 9.74. The molecule has 3 heteroatoms. The van der Waals surface area contributed by atoms with Crippen LogP contribution in [0.15, 0.2) is 200 Å². The van der Waals surface area contributed by atoms with E-state index in [2.05, 4.69) is 201 Å². The van der Waals surface area contributed by atoms with E-state index in [-0.39, 0.29) is 5.41 Å². The molecular formula is C54H36N2S. The highest BCUT2D eigenvalue weighted by molar-refractivity contribution is 7.25. The molecule has 0 radical (unpaired) electrons. The van der Waals surface area contributed by atoms with Crippen LogP contribution in [0.3, 0.4) is 0 Å². The third-order valence-electron chi connectivity index (χ3n) is 11.8. The minimum atomic E-state index is -0.296. The van der Waals surface area contributed by atoms with E-state index in [0.29, 0.717) is 5.82 Å². The van der Waals surface area contributed by atoms with Gasteiger partial charge in [0.2, 0.25) is 0 Å². The summed E-state index contributed by atoms with van der Waals surface area (Å²) in [6, 6.07) is 72.2. The summed E-state index contributed by atoms with van der Waals surface area (Å²) in [6.45, 7) is 2.36. The molecule has 0 fully saturated rings. The van der Waals surface area contributed by atoms with Crippen molar-refractivity contribution >= 4 is 31.5 Å². The fourth-order valence-corrected chi connectivity index (χ4v) is 10.0. The van der Waals surface area contributed by atoms with Gasteiger partial charge in [0, 0.05) is 42.3 Å². The molecule has 2 nitrogen and oxygen atoms in total. The molecule has 1 aliphatic carbocycles. The summed E-state index contributed by atoms with van der Waals surface area (Å²) in [6.07, 6.45) is 0. The fraction of sp³-hybridized carbons (Fsp3) is 0.0370. The normalized spacial score (nSPS) is 14.5. The predicted molar refractivity (Wildman–Crippen MR) is 240 cm³/mol. The van der Waals surface area contributed by atoms with Gasteiger partial charge in [0.1, 0.15) is 0 Å². The molecule has 2 aromatic heterocycles. The summed E-state index contributed by atoms with van der Waals surface area (Å²) in [5.41, 5.74) is 15.9. The first-order valence-electron chi connectivity index (χ1n) is 19.5. The molecule has 0 saturated carbocycles. The third kappa shape index (κ3) is 5.54. The number of fused-ring (bicyclic) bond motifs is 6. The molecule has 0 spiro atoms. The second kappa shape index (κ2) is 13.4. The van der Waals surface area contributed by atoms with Crippen LogP contribution in [0.4, 0.5) is 0 Å². The number of hydrogen-bond donors (Lipinski definition) is 0. The molecule has 1 aliphatic rings. The maximum Gasteiger partial charge on any atom is 0.160 e. The Labute approximate surface area is 336 Å². The van der Waals surface area contributed by atoms with E-state index in [9.17, 15) is 0 Å². The average Bonchev–Trinajstić information content (AvgIpc) is 3.80. The first kappa shape index (κ1) is 33.4. The van der Waals surface area contributed by atoms with Crippen molar-refractivity contribution in [3.63, 3.8) is 0 Å². The van der Waals surface area contributed by atoms with Crippen LogP contribution in [0.25, 0.3) is 87.5 Å². The van der Waals surface area contributed by atoms with Crippen molar-refractivity contribution in [3.05, 3.63) is 217 Å². The zero-order chi connectivity index (χ0) is 37.9. The van der Waals surface area contributed by atoms with Gasteiger partial charge in [0.15, 0.2) is 5.82 Å². The van der Waals surface area contributed by atoms with Crippen LogP contribution in [-0.2, 0) is 5.41 Å². The van der Waals surface area contributed by atoms with E-state index in [0.717, 1.165) is 33.6 Å². The number of nitrogens with zero attached hydrogens (tertiary/aromatic N) is 2. The van der Waals surface area contributed by atoms with E-state index < -0.39 is 0 Å². The van der Waals surface area contributed by atoms with Crippen molar-refractivity contribution in [1.29, 1.82) is 0 Å². The van der Waals surface area contributed by atoms with Crippen LogP contribution < -0.4 is 0 Å². The fourth-order valence-electron chi connectivity index (χ4n) is 8.91. The minimum Gasteiger partial charge on any atom is -0.228 e. The topological polar surface area (TPSA) is 25.8 Å². The number of rotatable bonds is 6. The predicted octanol–water partition coefficient (Wildman–Crippen LogP) is 14.5. The Kier molecular flexibility index (Phi) is 7.84. The highest BCUT2D eigenvalue weighted by Crippen LogP contribution is 2.53. The van der Waals surface area contributed by atoms with Crippen LogP contribution in [0, 0.1) is 0 Å². The molecule has 10 aromatic rings. The lowest BCUT2D eigenvalue weighted by molar-refractivity contribution is 0.714. The Morgan fingerprint density at radius 1 is 0.386 bits per heavy atom. The SMILES string of the molecule is CC1(c2ccccc2)c2ccccc2-c2ccc(-c3cc(-c4cccc(-c5ccc(-c6cccc7sc8ccccc8c67)cc5)c4)nc(-c4ccccc4)n3)cc21. The largest absolute Gasteiger partial charge is 0.228 e. The standard InChI is InChI=1S/C54H36N2S/c1-54(41-18-6-3-7-19-41)46-23-10-8-20-43(46)44-31-30-40(33-47(44)54)49-34-48(55-53(56-49)37-14-4-2-5-15-37)39-17-12-16-38(32-39)35-26-28-36(29-27-35)42-22-13-25-51-52(42)45-21-9-11-24-50(45)57-51/h2-34H,1H3. The summed E-state index contributed by atoms with van der Waals surface area (Å²) < 4.78 is 2.64. The molecule has 0 N–H and O–H groups in total. The van der Waals surface area contributed by atoms with Gasteiger partial charge in [-0.1, -0.05) is 170 Å². The highest BCUT2D eigenvalue weighted by Gasteiger charge is 2.40. The van der Waals surface area contributed by atoms with Crippen molar-refractivity contribution < 1.29 is 0 Å². The molecule has 11 rings (SSSR count). The van der Waals surface area contributed by atoms with E-state index in [1.807, 2.05) is 17.4 Å². The monoisotopic (exact) mass is 744 g/mol. The van der Waals surface area contributed by atoms with Gasteiger partial charge in [-0.25, -0.2) is 9.97 Å². The van der Waals surface area contributed by atoms with Crippen LogP contribution >= 0.6 is 11.3 Å². The second-order valence-corrected chi connectivity index (χ2v) is 16.1. The van der Waals surface area contributed by atoms with Gasteiger partial charge in [0.25, 0.3) is 0 Å². The smallest absolute Gasteiger partial charge is 0.160 e. The molecule has 268 valence electrons. The number of hydrogen-bond acceptors (Lipinski definition) is 3. The third-order valence-corrected chi connectivity index (χ3v) is 12.9. The minimum absolute atomic E-state index is 0.296. The number of benzene rings is 8. The molecule has 8 aromatic carbocycles. The van der Waals surface area contributed by atoms with Gasteiger partial charge in [-0.2, -0.15) is 0 Å². The van der Waals surface area contributed by atoms with E-state index >= 15 is 0 Å². The summed E-state index contributed by atoms with van der Waals surface area (Å²) in [5.74, 6) is 0.711. The van der Waals surface area contributed by atoms with E-state index in [4.69, 9.17) is 9.97 Å². The van der Waals surface area contributed by atoms with Gasteiger partial charge >= 0.3 is 0 Å². The van der Waals surface area contributed by atoms with Crippen LogP contribution in [0.2, 0.25) is 0 Å². The van der Waals surface area contributed by atoms with Crippen molar-refractivity contribution in [1.82, 2.24) is 9.97 Å². The van der Waals surface area contributed by atoms with E-state index in [1.54, 1.807) is 0 Å². The molecular weight excluding hydrogens is 709 g/mol. The second-order valence-electron chi connectivity index (χ2n) is 15.1. The highest BCUT2D eigenvalue weighted by atomic mass is 32.1. The van der Waals surface area contributed by atoms with Crippen molar-refractivity contribution in [2.45, 2.75) is 12.3 Å². The maximum absolute atomic E-state index is 5.24. The van der Waals surface area contributed by atoms with Gasteiger partial charge in [-0.15, -0.1) is 11.3 Å². The summed E-state index contributed by atoms with van der Waals surface area (Å²) in [4.78, 5) is 10.4. The molecule has 1 unspecified atom stereocenters. The Bertz CT molecular complexity index is 3130. The number of thiophene rings is 1. The molecule has 2 heterocycles. The Morgan fingerprint density at radius 3 is 1.79 bits per heavy atom. The first-order valence-corrected chi connectivity index (χ1v) is 20.3. The Hall–Kier alpha value is -6.94. The van der Waals surface area contributed by atoms with Crippen LogP contribution in [0.5, 0.6) is 0 Å². The Morgan fingerprint density at radius 2 is 0.965 bits per heavy atom. The quantitative estimate of drug-likeness (QED) is 0.169. The van der Waals surface area contributed by atoms with Gasteiger partial charge in [-0.3, -0.25) is 0 Å². The van der Waals surface area contributed by atoms with Gasteiger partial charge in [-0.05, 0) is 87.3 Å². The zero-order valence-corrected chi connectivity index (χ0v) is 32.2. The zero-order valence-electron chi connectivity index (χ0n) is 31.4. The van der Waals surface area contributed by atoms with Crippen molar-refractivity contribution in [3.8, 4) is 67.3 Å². The average molecular weight is 745 g/mol. The van der Waals surface area contributed by atoms with Crippen LogP contribution in [0.1, 0.15) is 23.6 Å². The summed E-state index contributed by atoms with van der Waals surface area (Å²) >= 11 is 1.86. The number of aromatic nitrogens is 2. The van der Waals surface area contributed by atoms with Crippen LogP contribution in [-0.4, -0.2) is 9.97 Å². The maximum atomic E-state index is 5.24. The lowest BCUT2D eigenvalue weighted by Gasteiger charge is -2.28. The van der Waals surface area contributed by atoms with E-state index in [1.165, 1.54) is 64.7 Å². The molecule has 0 saturated heterocycles. The molecule has 57 heavy (non-hydrogen) atoms. The van der Waals surface area contributed by atoms with Gasteiger partial charge in [0.05, 0.1) is 11.4 Å². The summed E-state index contributed by atoms with van der Waals surface area (Å²) in [7, 11) is 0. The Balaban J connectivity index is 1.00. The molecule has 0 amide bonds. The van der Waals surface area contributed by atoms with Gasteiger partial charge < -0.3 is 0 Å². The molecule has 0 aliphatic heterocycles. The van der Waals surface area contributed by atoms with Crippen molar-refractivity contribution in [2.75, 3.05) is 0 Å². The lowest BCUT2D eigenvalue weighted by Crippen LogP contribution is -2.22. The summed E-state index contributed by atoms with van der Waals surface area (Å²) in [5, 5.41) is 2.65. The first-order chi connectivity index (χ1) is 28.1.